The first-order chi connectivity index (χ1) is 8.22. The molecule has 1 aromatic rings. The average Bonchev–Trinajstić information content (AvgIpc) is 3.01. The van der Waals surface area contributed by atoms with Crippen molar-refractivity contribution in [3.05, 3.63) is 0 Å². The number of hydrogen-bond acceptors (Lipinski definition) is 7. The van der Waals surface area contributed by atoms with Gasteiger partial charge in [-0.25, -0.2) is 5.84 Å². The highest BCUT2D eigenvalue weighted by atomic mass is 16.5. The summed E-state index contributed by atoms with van der Waals surface area (Å²) in [5.74, 6) is 6.79. The second-order valence-corrected chi connectivity index (χ2v) is 4.22. The van der Waals surface area contributed by atoms with Crippen molar-refractivity contribution in [1.82, 2.24) is 15.0 Å². The molecule has 2 unspecified atom stereocenters. The van der Waals surface area contributed by atoms with Gasteiger partial charge >= 0.3 is 6.01 Å². The first-order valence-corrected chi connectivity index (χ1v) is 5.85. The lowest BCUT2D eigenvalue weighted by atomic mass is 10.5. The SMILES string of the molecule is CCCOc1nc(NN)nc(NC2CC2C)n1. The molecular weight excluding hydrogens is 220 g/mol. The highest BCUT2D eigenvalue weighted by molar-refractivity contribution is 5.37. The molecule has 4 N–H and O–H groups in total. The van der Waals surface area contributed by atoms with Crippen molar-refractivity contribution in [2.75, 3.05) is 17.3 Å². The molecule has 2 rings (SSSR count). The Morgan fingerprint density at radius 2 is 2.06 bits per heavy atom. The molecule has 0 aliphatic heterocycles. The van der Waals surface area contributed by atoms with E-state index in [0.717, 1.165) is 12.8 Å². The van der Waals surface area contributed by atoms with Crippen molar-refractivity contribution >= 4 is 11.9 Å². The van der Waals surface area contributed by atoms with Crippen LogP contribution >= 0.6 is 0 Å². The molecule has 94 valence electrons. The first kappa shape index (κ1) is 11.8. The molecule has 0 saturated heterocycles. The van der Waals surface area contributed by atoms with Gasteiger partial charge in [0, 0.05) is 6.04 Å². The second-order valence-electron chi connectivity index (χ2n) is 4.22. The lowest BCUT2D eigenvalue weighted by Crippen LogP contribution is -2.15. The Morgan fingerprint density at radius 3 is 2.65 bits per heavy atom. The van der Waals surface area contributed by atoms with E-state index < -0.39 is 0 Å². The van der Waals surface area contributed by atoms with E-state index in [1.165, 1.54) is 0 Å². The largest absolute Gasteiger partial charge is 0.463 e. The maximum absolute atomic E-state index is 5.37. The van der Waals surface area contributed by atoms with E-state index in [9.17, 15) is 0 Å². The number of nitrogens with two attached hydrogens (primary N) is 1. The molecule has 1 saturated carbocycles. The fraction of sp³-hybridized carbons (Fsp3) is 0.700. The van der Waals surface area contributed by atoms with E-state index in [1.807, 2.05) is 6.92 Å². The van der Waals surface area contributed by atoms with Crippen LogP contribution in [0.4, 0.5) is 11.9 Å². The van der Waals surface area contributed by atoms with E-state index >= 15 is 0 Å². The van der Waals surface area contributed by atoms with Crippen LogP contribution in [0, 0.1) is 5.92 Å². The number of nitrogens with zero attached hydrogens (tertiary/aromatic N) is 3. The molecule has 0 bridgehead atoms. The van der Waals surface area contributed by atoms with Crippen LogP contribution < -0.4 is 21.3 Å². The smallest absolute Gasteiger partial charge is 0.323 e. The number of ether oxygens (including phenoxy) is 1. The molecule has 1 fully saturated rings. The van der Waals surface area contributed by atoms with Gasteiger partial charge in [0.05, 0.1) is 6.61 Å². The quantitative estimate of drug-likeness (QED) is 0.497. The molecule has 1 heterocycles. The Bertz CT molecular complexity index is 385. The van der Waals surface area contributed by atoms with Gasteiger partial charge in [-0.3, -0.25) is 5.43 Å². The molecular formula is C10H18N6O. The Morgan fingerprint density at radius 1 is 1.35 bits per heavy atom. The summed E-state index contributed by atoms with van der Waals surface area (Å²) in [4.78, 5) is 12.3. The number of rotatable bonds is 6. The summed E-state index contributed by atoms with van der Waals surface area (Å²) < 4.78 is 5.37. The Hall–Kier alpha value is -1.63. The topological polar surface area (TPSA) is 98.0 Å². The summed E-state index contributed by atoms with van der Waals surface area (Å²) in [6.07, 6.45) is 2.04. The van der Waals surface area contributed by atoms with Crippen molar-refractivity contribution in [2.24, 2.45) is 11.8 Å². The number of aromatic nitrogens is 3. The van der Waals surface area contributed by atoms with Crippen LogP contribution in [0.3, 0.4) is 0 Å². The molecule has 2 atom stereocenters. The minimum Gasteiger partial charge on any atom is -0.463 e. The number of nitrogen functional groups attached to an aromatic ring is 1. The van der Waals surface area contributed by atoms with E-state index in [1.54, 1.807) is 0 Å². The maximum atomic E-state index is 5.37. The van der Waals surface area contributed by atoms with Gasteiger partial charge in [0.1, 0.15) is 0 Å². The predicted molar refractivity (Wildman–Crippen MR) is 64.6 cm³/mol. The van der Waals surface area contributed by atoms with E-state index in [0.29, 0.717) is 36.5 Å². The molecule has 7 nitrogen and oxygen atoms in total. The van der Waals surface area contributed by atoms with Gasteiger partial charge in [-0.05, 0) is 18.8 Å². The first-order valence-electron chi connectivity index (χ1n) is 5.85. The molecule has 7 heteroatoms. The number of hydrazine groups is 1. The summed E-state index contributed by atoms with van der Waals surface area (Å²) >= 11 is 0. The average molecular weight is 238 g/mol. The van der Waals surface area contributed by atoms with Gasteiger partial charge in [0.15, 0.2) is 0 Å². The van der Waals surface area contributed by atoms with Gasteiger partial charge in [-0.1, -0.05) is 13.8 Å². The Balaban J connectivity index is 2.07. The van der Waals surface area contributed by atoms with Crippen molar-refractivity contribution in [2.45, 2.75) is 32.7 Å². The second kappa shape index (κ2) is 5.13. The minimum absolute atomic E-state index is 0.297. The van der Waals surface area contributed by atoms with Crippen LogP contribution in [0.2, 0.25) is 0 Å². The van der Waals surface area contributed by atoms with Crippen LogP contribution in [-0.2, 0) is 0 Å². The normalized spacial score (nSPS) is 22.1. The van der Waals surface area contributed by atoms with Gasteiger partial charge in [0.25, 0.3) is 0 Å². The molecule has 0 spiro atoms. The van der Waals surface area contributed by atoms with E-state index in [-0.39, 0.29) is 0 Å². The predicted octanol–water partition coefficient (Wildman–Crippen LogP) is 0.766. The monoisotopic (exact) mass is 238 g/mol. The third kappa shape index (κ3) is 3.16. The molecule has 1 aliphatic rings. The molecule has 1 aliphatic carbocycles. The summed E-state index contributed by atoms with van der Waals surface area (Å²) in [5, 5.41) is 3.22. The lowest BCUT2D eigenvalue weighted by molar-refractivity contribution is 0.292. The molecule has 0 amide bonds. The van der Waals surface area contributed by atoms with Crippen molar-refractivity contribution in [1.29, 1.82) is 0 Å². The Labute approximate surface area is 100 Å². The van der Waals surface area contributed by atoms with Crippen LogP contribution in [0.15, 0.2) is 0 Å². The maximum Gasteiger partial charge on any atom is 0.323 e. The van der Waals surface area contributed by atoms with E-state index in [4.69, 9.17) is 10.6 Å². The number of nitrogens with one attached hydrogen (secondary N) is 2. The van der Waals surface area contributed by atoms with Gasteiger partial charge in [0.2, 0.25) is 11.9 Å². The highest BCUT2D eigenvalue weighted by Gasteiger charge is 2.33. The zero-order valence-corrected chi connectivity index (χ0v) is 10.1. The van der Waals surface area contributed by atoms with Crippen LogP contribution in [0.1, 0.15) is 26.7 Å². The van der Waals surface area contributed by atoms with Gasteiger partial charge in [-0.2, -0.15) is 15.0 Å². The summed E-state index contributed by atoms with van der Waals surface area (Å²) in [7, 11) is 0. The number of anilines is 2. The fourth-order valence-electron chi connectivity index (χ4n) is 1.43. The summed E-state index contributed by atoms with van der Waals surface area (Å²) in [6, 6.07) is 0.743. The zero-order chi connectivity index (χ0) is 12.3. The van der Waals surface area contributed by atoms with Crippen LogP contribution in [0.5, 0.6) is 6.01 Å². The molecule has 0 aromatic carbocycles. The highest BCUT2D eigenvalue weighted by Crippen LogP contribution is 2.32. The minimum atomic E-state index is 0.297. The molecule has 1 aromatic heterocycles. The Kier molecular flexibility index (Phi) is 3.58. The van der Waals surface area contributed by atoms with Crippen molar-refractivity contribution in [3.63, 3.8) is 0 Å². The van der Waals surface area contributed by atoms with Gasteiger partial charge < -0.3 is 10.1 Å². The lowest BCUT2D eigenvalue weighted by Gasteiger charge is -2.08. The fourth-order valence-corrected chi connectivity index (χ4v) is 1.43. The third-order valence-corrected chi connectivity index (χ3v) is 2.60. The zero-order valence-electron chi connectivity index (χ0n) is 10.1. The van der Waals surface area contributed by atoms with Crippen LogP contribution in [0.25, 0.3) is 0 Å². The molecule has 0 radical (unpaired) electrons. The molecule has 17 heavy (non-hydrogen) atoms. The summed E-state index contributed by atoms with van der Waals surface area (Å²) in [6.45, 7) is 4.77. The third-order valence-electron chi connectivity index (χ3n) is 2.60. The van der Waals surface area contributed by atoms with Crippen molar-refractivity contribution < 1.29 is 4.74 Å². The van der Waals surface area contributed by atoms with E-state index in [2.05, 4.69) is 32.6 Å². The van der Waals surface area contributed by atoms with Crippen molar-refractivity contribution in [3.8, 4) is 6.01 Å². The number of hydrogen-bond donors (Lipinski definition) is 3. The van der Waals surface area contributed by atoms with Crippen LogP contribution in [-0.4, -0.2) is 27.6 Å². The van der Waals surface area contributed by atoms with Gasteiger partial charge in [-0.15, -0.1) is 0 Å². The summed E-state index contributed by atoms with van der Waals surface area (Å²) in [5.41, 5.74) is 2.41. The standard InChI is InChI=1S/C10H18N6O/c1-3-4-17-10-14-8(12-7-5-6(7)2)13-9(15-10)16-11/h6-7H,3-5,11H2,1-2H3,(H2,12,13,14,15,16).